The highest BCUT2D eigenvalue weighted by Gasteiger charge is 2.34. The predicted molar refractivity (Wildman–Crippen MR) is 101 cm³/mol. The van der Waals surface area contributed by atoms with E-state index in [2.05, 4.69) is 21.4 Å². The number of aromatic nitrogens is 4. The Morgan fingerprint density at radius 3 is 2.64 bits per heavy atom. The lowest BCUT2D eigenvalue weighted by Crippen LogP contribution is -2.37. The Hall–Kier alpha value is -3.19. The van der Waals surface area contributed by atoms with Crippen molar-refractivity contribution in [3.05, 3.63) is 35.2 Å². The second-order valence-corrected chi connectivity index (χ2v) is 8.30. The van der Waals surface area contributed by atoms with E-state index in [1.807, 2.05) is 13.8 Å². The van der Waals surface area contributed by atoms with Gasteiger partial charge in [0.25, 0.3) is 15.9 Å². The number of amides is 1. The van der Waals surface area contributed by atoms with Gasteiger partial charge in [0, 0.05) is 11.6 Å². The first kappa shape index (κ1) is 19.6. The van der Waals surface area contributed by atoms with Crippen LogP contribution in [-0.4, -0.2) is 45.3 Å². The highest BCUT2D eigenvalue weighted by molar-refractivity contribution is 7.89. The van der Waals surface area contributed by atoms with Crippen LogP contribution in [0.2, 0.25) is 0 Å². The summed E-state index contributed by atoms with van der Waals surface area (Å²) in [5.41, 5.74) is 1.51. The third-order valence-corrected chi connectivity index (χ3v) is 6.16. The van der Waals surface area contributed by atoms with Crippen molar-refractivity contribution in [2.45, 2.75) is 38.6 Å². The molecule has 10 heteroatoms. The summed E-state index contributed by atoms with van der Waals surface area (Å²) in [5.74, 6) is 1.55. The average Bonchev–Trinajstić information content (AvgIpc) is 3.21. The van der Waals surface area contributed by atoms with Crippen LogP contribution in [0.25, 0.3) is 11.0 Å². The molecule has 9 nitrogen and oxygen atoms in total. The van der Waals surface area contributed by atoms with Gasteiger partial charge in [-0.2, -0.15) is 0 Å². The van der Waals surface area contributed by atoms with Crippen LogP contribution in [0, 0.1) is 26.2 Å². The van der Waals surface area contributed by atoms with Gasteiger partial charge in [0.1, 0.15) is 11.2 Å². The topological polar surface area (TPSA) is 111 Å². The Kier molecular flexibility index (Phi) is 4.95. The van der Waals surface area contributed by atoms with Gasteiger partial charge in [-0.05, 0) is 45.9 Å². The number of benzene rings is 1. The molecular weight excluding hydrogens is 382 g/mol. The highest BCUT2D eigenvalue weighted by Crippen LogP contribution is 2.25. The van der Waals surface area contributed by atoms with Crippen molar-refractivity contribution in [3.63, 3.8) is 0 Å². The Morgan fingerprint density at radius 2 is 2.07 bits per heavy atom. The zero-order valence-corrected chi connectivity index (χ0v) is 16.7. The standard InChI is InChI=1S/C18H19N5O4S/c1-6-9-22(28(25,26)17-12(4)20-27-13(17)5)18(24)14-7-8-16-15(10-14)19-21-23(16)11(2)3/h1,7-8,10-11H,9H2,2-5H3. The van der Waals surface area contributed by atoms with Crippen molar-refractivity contribution >= 4 is 27.0 Å². The molecule has 28 heavy (non-hydrogen) atoms. The van der Waals surface area contributed by atoms with Gasteiger partial charge < -0.3 is 4.52 Å². The smallest absolute Gasteiger partial charge is 0.273 e. The van der Waals surface area contributed by atoms with Crippen LogP contribution in [0.3, 0.4) is 0 Å². The van der Waals surface area contributed by atoms with Crippen molar-refractivity contribution in [2.24, 2.45) is 0 Å². The molecule has 1 aromatic carbocycles. The van der Waals surface area contributed by atoms with Gasteiger partial charge in [0.05, 0.1) is 12.1 Å². The molecule has 2 aromatic heterocycles. The first-order valence-electron chi connectivity index (χ1n) is 8.46. The molecule has 0 bridgehead atoms. The Labute approximate surface area is 162 Å². The molecule has 146 valence electrons. The average molecular weight is 401 g/mol. The molecule has 2 heterocycles. The third-order valence-electron chi connectivity index (χ3n) is 4.18. The van der Waals surface area contributed by atoms with Crippen molar-refractivity contribution in [1.29, 1.82) is 0 Å². The second kappa shape index (κ2) is 7.09. The monoisotopic (exact) mass is 401 g/mol. The van der Waals surface area contributed by atoms with Gasteiger partial charge in [0.15, 0.2) is 10.7 Å². The minimum atomic E-state index is -4.25. The largest absolute Gasteiger partial charge is 0.360 e. The number of aryl methyl sites for hydroxylation is 2. The van der Waals surface area contributed by atoms with E-state index in [4.69, 9.17) is 10.9 Å². The number of terminal acetylenes is 1. The SMILES string of the molecule is C#CCN(C(=O)c1ccc2c(c1)nnn2C(C)C)S(=O)(=O)c1c(C)noc1C. The van der Waals surface area contributed by atoms with E-state index < -0.39 is 22.5 Å². The Bertz CT molecular complexity index is 1180. The van der Waals surface area contributed by atoms with E-state index in [9.17, 15) is 13.2 Å². The molecule has 3 rings (SSSR count). The lowest BCUT2D eigenvalue weighted by Gasteiger charge is -2.20. The van der Waals surface area contributed by atoms with E-state index >= 15 is 0 Å². The fourth-order valence-corrected chi connectivity index (χ4v) is 4.50. The molecule has 0 saturated heterocycles. The normalized spacial score (nSPS) is 11.7. The van der Waals surface area contributed by atoms with E-state index in [1.54, 1.807) is 10.7 Å². The molecule has 0 atom stereocenters. The van der Waals surface area contributed by atoms with Crippen LogP contribution in [0.15, 0.2) is 27.6 Å². The van der Waals surface area contributed by atoms with Crippen molar-refractivity contribution < 1.29 is 17.7 Å². The zero-order chi connectivity index (χ0) is 20.6. The summed E-state index contributed by atoms with van der Waals surface area (Å²) >= 11 is 0. The summed E-state index contributed by atoms with van der Waals surface area (Å²) in [4.78, 5) is 12.9. The summed E-state index contributed by atoms with van der Waals surface area (Å²) in [6.45, 7) is 6.43. The number of hydrogen-bond acceptors (Lipinski definition) is 7. The number of hydrogen-bond donors (Lipinski definition) is 0. The molecule has 3 aromatic rings. The maximum absolute atomic E-state index is 13.1. The quantitative estimate of drug-likeness (QED) is 0.602. The zero-order valence-electron chi connectivity index (χ0n) is 15.9. The molecular formula is C18H19N5O4S. The highest BCUT2D eigenvalue weighted by atomic mass is 32.2. The molecule has 0 spiro atoms. The van der Waals surface area contributed by atoms with Crippen LogP contribution in [-0.2, 0) is 10.0 Å². The fraction of sp³-hybridized carbons (Fsp3) is 0.333. The van der Waals surface area contributed by atoms with Crippen LogP contribution >= 0.6 is 0 Å². The molecule has 0 radical (unpaired) electrons. The van der Waals surface area contributed by atoms with Gasteiger partial charge in [-0.3, -0.25) is 4.79 Å². The van der Waals surface area contributed by atoms with Crippen LogP contribution in [0.4, 0.5) is 0 Å². The molecule has 0 saturated carbocycles. The summed E-state index contributed by atoms with van der Waals surface area (Å²) in [5, 5.41) is 11.8. The van der Waals surface area contributed by atoms with Gasteiger partial charge in [-0.1, -0.05) is 16.3 Å². The van der Waals surface area contributed by atoms with Crippen LogP contribution in [0.1, 0.15) is 41.7 Å². The number of nitrogens with zero attached hydrogens (tertiary/aromatic N) is 5. The number of carbonyl (C=O) groups excluding carboxylic acids is 1. The first-order chi connectivity index (χ1) is 13.2. The number of fused-ring (bicyclic) bond motifs is 1. The Morgan fingerprint density at radius 1 is 1.36 bits per heavy atom. The third kappa shape index (κ3) is 3.14. The van der Waals surface area contributed by atoms with Crippen molar-refractivity contribution in [3.8, 4) is 12.3 Å². The van der Waals surface area contributed by atoms with Crippen molar-refractivity contribution in [1.82, 2.24) is 24.5 Å². The first-order valence-corrected chi connectivity index (χ1v) is 9.90. The maximum atomic E-state index is 13.1. The van der Waals surface area contributed by atoms with E-state index in [0.29, 0.717) is 9.82 Å². The van der Waals surface area contributed by atoms with Crippen molar-refractivity contribution in [2.75, 3.05) is 6.54 Å². The number of sulfonamides is 1. The maximum Gasteiger partial charge on any atom is 0.273 e. The van der Waals surface area contributed by atoms with E-state index in [-0.39, 0.29) is 28.0 Å². The second-order valence-electron chi connectivity index (χ2n) is 6.51. The van der Waals surface area contributed by atoms with E-state index in [1.165, 1.54) is 26.0 Å². The van der Waals surface area contributed by atoms with Gasteiger partial charge in [0.2, 0.25) is 0 Å². The Balaban J connectivity index is 2.07. The van der Waals surface area contributed by atoms with Gasteiger partial charge in [-0.15, -0.1) is 11.5 Å². The summed E-state index contributed by atoms with van der Waals surface area (Å²) in [6.07, 6.45) is 5.33. The van der Waals surface area contributed by atoms with E-state index in [0.717, 1.165) is 5.52 Å². The number of rotatable bonds is 5. The molecule has 0 aliphatic heterocycles. The molecule has 0 unspecified atom stereocenters. The molecule has 0 fully saturated rings. The minimum absolute atomic E-state index is 0.0858. The summed E-state index contributed by atoms with van der Waals surface area (Å²) < 4.78 is 33.4. The minimum Gasteiger partial charge on any atom is -0.360 e. The molecule has 1 amide bonds. The van der Waals surface area contributed by atoms with Gasteiger partial charge >= 0.3 is 0 Å². The molecule has 0 N–H and O–H groups in total. The van der Waals surface area contributed by atoms with Gasteiger partial charge in [-0.25, -0.2) is 17.4 Å². The molecule has 0 aliphatic carbocycles. The lowest BCUT2D eigenvalue weighted by atomic mass is 10.2. The summed E-state index contributed by atoms with van der Waals surface area (Å²) in [6, 6.07) is 4.79. The molecule has 0 aliphatic rings. The fourth-order valence-electron chi connectivity index (χ4n) is 2.90. The number of carbonyl (C=O) groups is 1. The predicted octanol–water partition coefficient (Wildman–Crippen LogP) is 2.08. The summed E-state index contributed by atoms with van der Waals surface area (Å²) in [7, 11) is -4.25. The van der Waals surface area contributed by atoms with Crippen LogP contribution in [0.5, 0.6) is 0 Å². The van der Waals surface area contributed by atoms with Crippen LogP contribution < -0.4 is 0 Å². The lowest BCUT2D eigenvalue weighted by molar-refractivity contribution is 0.0873.